The van der Waals surface area contributed by atoms with Gasteiger partial charge in [-0.3, -0.25) is 4.79 Å². The summed E-state index contributed by atoms with van der Waals surface area (Å²) in [6.07, 6.45) is 3.67. The number of halogens is 1. The average Bonchev–Trinajstić information content (AvgIpc) is 2.88. The van der Waals surface area contributed by atoms with Crippen LogP contribution in [0.15, 0.2) is 30.6 Å². The molecule has 1 aliphatic rings. The minimum absolute atomic E-state index is 0.105. The maximum atomic E-state index is 12.5. The lowest BCUT2D eigenvalue weighted by atomic mass is 10.1. The Kier molecular flexibility index (Phi) is 2.91. The highest BCUT2D eigenvalue weighted by Crippen LogP contribution is 2.22. The van der Waals surface area contributed by atoms with Gasteiger partial charge in [0.25, 0.3) is 5.91 Å². The first-order valence-corrected chi connectivity index (χ1v) is 6.37. The van der Waals surface area contributed by atoms with Crippen LogP contribution in [0, 0.1) is 0 Å². The Balaban J connectivity index is 1.87. The normalized spacial score (nSPS) is 14.3. The van der Waals surface area contributed by atoms with E-state index >= 15 is 0 Å². The Hall–Kier alpha value is -2.01. The smallest absolute Gasteiger partial charge is 0.255 e. The molecule has 5 nitrogen and oxygen atoms in total. The molecule has 0 spiro atoms. The molecular weight excluding hydrogens is 264 g/mol. The van der Waals surface area contributed by atoms with Gasteiger partial charge in [-0.1, -0.05) is 11.6 Å². The largest absolute Gasteiger partial charge is 0.399 e. The van der Waals surface area contributed by atoms with E-state index in [1.807, 2.05) is 10.8 Å². The van der Waals surface area contributed by atoms with E-state index in [1.54, 1.807) is 29.3 Å². The van der Waals surface area contributed by atoms with Crippen molar-refractivity contribution in [2.45, 2.75) is 13.1 Å². The van der Waals surface area contributed by atoms with E-state index < -0.39 is 0 Å². The summed E-state index contributed by atoms with van der Waals surface area (Å²) in [5, 5.41) is 0.424. The van der Waals surface area contributed by atoms with E-state index in [4.69, 9.17) is 17.3 Å². The molecule has 0 radical (unpaired) electrons. The molecule has 2 heterocycles. The van der Waals surface area contributed by atoms with Crippen LogP contribution in [-0.4, -0.2) is 26.9 Å². The van der Waals surface area contributed by atoms with Crippen molar-refractivity contribution in [3.63, 3.8) is 0 Å². The summed E-state index contributed by atoms with van der Waals surface area (Å²) in [5.74, 6) is 0.783. The number of imidazole rings is 1. The van der Waals surface area contributed by atoms with Crippen molar-refractivity contribution in [1.82, 2.24) is 14.5 Å². The third-order valence-electron chi connectivity index (χ3n) is 3.25. The molecule has 1 aromatic carbocycles. The van der Waals surface area contributed by atoms with Gasteiger partial charge in [-0.2, -0.15) is 0 Å². The molecule has 0 aliphatic carbocycles. The molecule has 2 N–H and O–H groups in total. The molecule has 1 aliphatic heterocycles. The summed E-state index contributed by atoms with van der Waals surface area (Å²) in [6, 6.07) is 4.95. The van der Waals surface area contributed by atoms with Gasteiger partial charge in [0, 0.05) is 31.2 Å². The van der Waals surface area contributed by atoms with Crippen molar-refractivity contribution in [2.75, 3.05) is 12.3 Å². The van der Waals surface area contributed by atoms with Gasteiger partial charge in [0.15, 0.2) is 0 Å². The molecule has 0 saturated heterocycles. The predicted molar refractivity (Wildman–Crippen MR) is 72.8 cm³/mol. The Labute approximate surface area is 115 Å². The number of aromatic nitrogens is 2. The summed E-state index contributed by atoms with van der Waals surface area (Å²) >= 11 is 6.07. The quantitative estimate of drug-likeness (QED) is 0.808. The van der Waals surface area contributed by atoms with Crippen LogP contribution in [0.1, 0.15) is 16.2 Å². The van der Waals surface area contributed by atoms with Crippen LogP contribution in [0.25, 0.3) is 0 Å². The zero-order valence-corrected chi connectivity index (χ0v) is 11.0. The number of fused-ring (bicyclic) bond motifs is 1. The van der Waals surface area contributed by atoms with E-state index in [2.05, 4.69) is 4.98 Å². The van der Waals surface area contributed by atoms with Crippen molar-refractivity contribution in [1.29, 1.82) is 0 Å². The molecule has 0 fully saturated rings. The van der Waals surface area contributed by atoms with Gasteiger partial charge in [-0.15, -0.1) is 0 Å². The van der Waals surface area contributed by atoms with Crippen LogP contribution in [0.2, 0.25) is 5.02 Å². The van der Waals surface area contributed by atoms with Gasteiger partial charge in [-0.05, 0) is 18.2 Å². The summed E-state index contributed by atoms with van der Waals surface area (Å²) in [5.41, 5.74) is 6.69. The summed E-state index contributed by atoms with van der Waals surface area (Å²) in [6.45, 7) is 1.89. The first-order valence-electron chi connectivity index (χ1n) is 5.99. The van der Waals surface area contributed by atoms with Crippen molar-refractivity contribution in [3.05, 3.63) is 47.0 Å². The maximum absolute atomic E-state index is 12.5. The van der Waals surface area contributed by atoms with Crippen LogP contribution in [-0.2, 0) is 13.1 Å². The number of anilines is 1. The van der Waals surface area contributed by atoms with Crippen LogP contribution in [0.5, 0.6) is 0 Å². The molecule has 0 atom stereocenters. The predicted octanol–water partition coefficient (Wildman–Crippen LogP) is 1.77. The number of hydrogen-bond acceptors (Lipinski definition) is 3. The number of carbonyl (C=O) groups is 1. The zero-order valence-electron chi connectivity index (χ0n) is 10.2. The fraction of sp³-hybridized carbons (Fsp3) is 0.231. The standard InChI is InChI=1S/C13H13ClN4O/c14-11-2-1-9(15)7-10(11)13(19)18-6-5-17-4-3-16-12(17)8-18/h1-4,7H,5-6,8,15H2. The fourth-order valence-corrected chi connectivity index (χ4v) is 2.42. The average molecular weight is 277 g/mol. The SMILES string of the molecule is Nc1ccc(Cl)c(C(=O)N2CCn3ccnc3C2)c1. The molecule has 98 valence electrons. The molecule has 19 heavy (non-hydrogen) atoms. The summed E-state index contributed by atoms with van der Waals surface area (Å²) in [4.78, 5) is 18.4. The zero-order chi connectivity index (χ0) is 13.4. The number of amides is 1. The minimum Gasteiger partial charge on any atom is -0.399 e. The molecular formula is C13H13ClN4O. The number of nitrogens with zero attached hydrogens (tertiary/aromatic N) is 3. The van der Waals surface area contributed by atoms with E-state index in [0.29, 0.717) is 29.4 Å². The number of nitrogens with two attached hydrogens (primary N) is 1. The second-order valence-corrected chi connectivity index (χ2v) is 4.91. The summed E-state index contributed by atoms with van der Waals surface area (Å²) in [7, 11) is 0. The molecule has 0 bridgehead atoms. The fourth-order valence-electron chi connectivity index (χ4n) is 2.22. The highest BCUT2D eigenvalue weighted by Gasteiger charge is 2.23. The van der Waals surface area contributed by atoms with Crippen molar-refractivity contribution in [3.8, 4) is 0 Å². The number of carbonyl (C=O) groups excluding carboxylic acids is 1. The highest BCUT2D eigenvalue weighted by molar-refractivity contribution is 6.34. The van der Waals surface area contributed by atoms with Crippen LogP contribution in [0.3, 0.4) is 0 Å². The van der Waals surface area contributed by atoms with Crippen LogP contribution < -0.4 is 5.73 Å². The Morgan fingerprint density at radius 3 is 3.05 bits per heavy atom. The van der Waals surface area contributed by atoms with Crippen molar-refractivity contribution in [2.24, 2.45) is 0 Å². The van der Waals surface area contributed by atoms with Gasteiger partial charge in [0.05, 0.1) is 17.1 Å². The lowest BCUT2D eigenvalue weighted by Gasteiger charge is -2.28. The minimum atomic E-state index is -0.105. The maximum Gasteiger partial charge on any atom is 0.255 e. The van der Waals surface area contributed by atoms with Gasteiger partial charge < -0.3 is 15.2 Å². The second-order valence-electron chi connectivity index (χ2n) is 4.50. The molecule has 1 amide bonds. The topological polar surface area (TPSA) is 64.2 Å². The van der Waals surface area contributed by atoms with Gasteiger partial charge in [0.2, 0.25) is 0 Å². The Morgan fingerprint density at radius 1 is 1.37 bits per heavy atom. The third kappa shape index (κ3) is 2.17. The monoisotopic (exact) mass is 276 g/mol. The Morgan fingerprint density at radius 2 is 2.21 bits per heavy atom. The number of benzene rings is 1. The lowest BCUT2D eigenvalue weighted by molar-refractivity contribution is 0.0708. The van der Waals surface area contributed by atoms with Crippen molar-refractivity contribution < 1.29 is 4.79 Å². The molecule has 1 aromatic heterocycles. The van der Waals surface area contributed by atoms with Crippen LogP contribution in [0.4, 0.5) is 5.69 Å². The van der Waals surface area contributed by atoms with E-state index in [-0.39, 0.29) is 5.91 Å². The molecule has 3 rings (SSSR count). The number of rotatable bonds is 1. The van der Waals surface area contributed by atoms with Crippen LogP contribution >= 0.6 is 11.6 Å². The Bertz CT molecular complexity index is 637. The van der Waals surface area contributed by atoms with Gasteiger partial charge in [-0.25, -0.2) is 4.98 Å². The first kappa shape index (κ1) is 12.0. The molecule has 0 saturated carbocycles. The third-order valence-corrected chi connectivity index (χ3v) is 3.58. The van der Waals surface area contributed by atoms with Gasteiger partial charge in [0.1, 0.15) is 5.82 Å². The molecule has 6 heteroatoms. The van der Waals surface area contributed by atoms with E-state index in [1.165, 1.54) is 0 Å². The second kappa shape index (κ2) is 4.59. The summed E-state index contributed by atoms with van der Waals surface area (Å²) < 4.78 is 2.05. The number of nitrogen functional groups attached to an aromatic ring is 1. The molecule has 2 aromatic rings. The van der Waals surface area contributed by atoms with E-state index in [9.17, 15) is 4.79 Å². The van der Waals surface area contributed by atoms with Gasteiger partial charge >= 0.3 is 0 Å². The lowest BCUT2D eigenvalue weighted by Crippen LogP contribution is -2.38. The molecule has 0 unspecified atom stereocenters. The highest BCUT2D eigenvalue weighted by atomic mass is 35.5. The first-order chi connectivity index (χ1) is 9.15. The number of hydrogen-bond donors (Lipinski definition) is 1. The van der Waals surface area contributed by atoms with E-state index in [0.717, 1.165) is 12.4 Å². The van der Waals surface area contributed by atoms with Crippen molar-refractivity contribution >= 4 is 23.2 Å².